The largest absolute Gasteiger partial charge is 0.481 e. The van der Waals surface area contributed by atoms with Gasteiger partial charge in [-0.05, 0) is 48.2 Å². The van der Waals surface area contributed by atoms with E-state index >= 15 is 0 Å². The van der Waals surface area contributed by atoms with Crippen molar-refractivity contribution >= 4 is 17.7 Å². The normalized spacial score (nSPS) is 22.8. The Kier molecular flexibility index (Phi) is 8.99. The minimum atomic E-state index is -0.723. The van der Waals surface area contributed by atoms with Crippen LogP contribution in [0.2, 0.25) is 0 Å². The molecule has 1 aliphatic rings. The molecule has 1 fully saturated rings. The molecule has 1 heterocycles. The van der Waals surface area contributed by atoms with E-state index in [4.69, 9.17) is 5.11 Å². The number of aliphatic hydroxyl groups excluding tert-OH is 1. The predicted octanol–water partition coefficient (Wildman–Crippen LogP) is 4.89. The van der Waals surface area contributed by atoms with Crippen LogP contribution in [0.1, 0.15) is 44.1 Å². The molecule has 1 saturated heterocycles. The minimum Gasteiger partial charge on any atom is -0.481 e. The minimum absolute atomic E-state index is 0.0917. The van der Waals surface area contributed by atoms with Crippen LogP contribution in [0.15, 0.2) is 54.6 Å². The Morgan fingerprint density at radius 1 is 1.27 bits per heavy atom. The number of rotatable bonds is 10. The second-order valence-electron chi connectivity index (χ2n) is 7.03. The van der Waals surface area contributed by atoms with Crippen molar-refractivity contribution in [3.8, 4) is 0 Å². The second kappa shape index (κ2) is 11.2. The lowest BCUT2D eigenvalue weighted by Gasteiger charge is -2.18. The number of carboxylic acid groups (broad SMARTS) is 1. The summed E-state index contributed by atoms with van der Waals surface area (Å²) in [6, 6.07) is 10.1. The highest BCUT2D eigenvalue weighted by molar-refractivity contribution is 7.99. The number of aliphatic carboxylic acids is 1. The Morgan fingerprint density at radius 3 is 2.77 bits per heavy atom. The lowest BCUT2D eigenvalue weighted by molar-refractivity contribution is -0.137. The van der Waals surface area contributed by atoms with E-state index in [1.54, 1.807) is 0 Å². The molecule has 4 atom stereocenters. The Bertz CT molecular complexity index is 597. The molecule has 0 aromatic heterocycles. The smallest absolute Gasteiger partial charge is 0.303 e. The number of carboxylic acids is 1. The first-order valence-corrected chi connectivity index (χ1v) is 10.6. The molecule has 142 valence electrons. The van der Waals surface area contributed by atoms with Gasteiger partial charge < -0.3 is 10.2 Å². The van der Waals surface area contributed by atoms with Crippen LogP contribution in [0, 0.1) is 11.8 Å². The number of aliphatic hydroxyl groups is 1. The molecule has 0 spiro atoms. The molecule has 0 aliphatic carbocycles. The topological polar surface area (TPSA) is 57.5 Å². The fourth-order valence-electron chi connectivity index (χ4n) is 3.21. The Balaban J connectivity index is 1.79. The van der Waals surface area contributed by atoms with Crippen LogP contribution in [-0.4, -0.2) is 33.8 Å². The summed E-state index contributed by atoms with van der Waals surface area (Å²) >= 11 is 1.97. The summed E-state index contributed by atoms with van der Waals surface area (Å²) in [6.07, 6.45) is 10.8. The van der Waals surface area contributed by atoms with Gasteiger partial charge in [-0.15, -0.1) is 0 Å². The van der Waals surface area contributed by atoms with E-state index in [0.29, 0.717) is 18.3 Å². The van der Waals surface area contributed by atoms with Crippen LogP contribution in [-0.2, 0) is 4.79 Å². The molecule has 1 aromatic rings. The van der Waals surface area contributed by atoms with Crippen LogP contribution < -0.4 is 0 Å². The van der Waals surface area contributed by atoms with Gasteiger partial charge >= 0.3 is 5.97 Å². The number of hydrogen-bond acceptors (Lipinski definition) is 3. The average molecular weight is 375 g/mol. The third-order valence-corrected chi connectivity index (χ3v) is 6.29. The molecule has 2 N–H and O–H groups in total. The number of hydrogen-bond donors (Lipinski definition) is 2. The van der Waals surface area contributed by atoms with Gasteiger partial charge in [0.1, 0.15) is 0 Å². The molecule has 1 aromatic carbocycles. The van der Waals surface area contributed by atoms with Crippen molar-refractivity contribution in [1.29, 1.82) is 0 Å². The van der Waals surface area contributed by atoms with Gasteiger partial charge in [0.15, 0.2) is 0 Å². The van der Waals surface area contributed by atoms with Crippen molar-refractivity contribution in [2.24, 2.45) is 11.8 Å². The highest BCUT2D eigenvalue weighted by Crippen LogP contribution is 2.34. The maximum Gasteiger partial charge on any atom is 0.303 e. The van der Waals surface area contributed by atoms with E-state index in [2.05, 4.69) is 37.3 Å². The van der Waals surface area contributed by atoms with Gasteiger partial charge in [-0.2, -0.15) is 11.8 Å². The van der Waals surface area contributed by atoms with Crippen LogP contribution >= 0.6 is 11.8 Å². The van der Waals surface area contributed by atoms with Crippen LogP contribution in [0.5, 0.6) is 0 Å². The van der Waals surface area contributed by atoms with Crippen LogP contribution in [0.25, 0.3) is 0 Å². The molecule has 26 heavy (non-hydrogen) atoms. The molecule has 0 radical (unpaired) electrons. The summed E-state index contributed by atoms with van der Waals surface area (Å²) in [5, 5.41) is 19.1. The first-order chi connectivity index (χ1) is 12.6. The van der Waals surface area contributed by atoms with E-state index in [1.165, 1.54) is 0 Å². The van der Waals surface area contributed by atoms with Crippen molar-refractivity contribution < 1.29 is 15.0 Å². The van der Waals surface area contributed by atoms with Crippen molar-refractivity contribution in [3.05, 3.63) is 60.2 Å². The number of allylic oxidation sites excluding steroid dienone is 3. The third-order valence-electron chi connectivity index (χ3n) is 5.01. The predicted molar refractivity (Wildman–Crippen MR) is 110 cm³/mol. The third kappa shape index (κ3) is 7.00. The zero-order valence-electron chi connectivity index (χ0n) is 15.5. The maximum atomic E-state index is 10.5. The zero-order valence-corrected chi connectivity index (χ0v) is 16.3. The fraction of sp³-hybridized carbons (Fsp3) is 0.500. The van der Waals surface area contributed by atoms with Gasteiger partial charge in [0.25, 0.3) is 0 Å². The SMILES string of the molecule is CC(c1ccccc1)C(O)/C=C/[C@H]1CSC[C@@H]1C/C=C\CCCC(=O)O. The van der Waals surface area contributed by atoms with Crippen molar-refractivity contribution in [1.82, 2.24) is 0 Å². The number of benzene rings is 1. The van der Waals surface area contributed by atoms with Gasteiger partial charge in [0.2, 0.25) is 0 Å². The Hall–Kier alpha value is -1.52. The Labute approximate surface area is 161 Å². The first kappa shape index (κ1) is 20.8. The summed E-state index contributed by atoms with van der Waals surface area (Å²) < 4.78 is 0. The lowest BCUT2D eigenvalue weighted by atomic mass is 9.90. The number of carbonyl (C=O) groups is 1. The summed E-state index contributed by atoms with van der Waals surface area (Å²) in [7, 11) is 0. The first-order valence-electron chi connectivity index (χ1n) is 9.43. The molecule has 1 aliphatic heterocycles. The molecule has 0 bridgehead atoms. The number of thioether (sulfide) groups is 1. The van der Waals surface area contributed by atoms with Gasteiger partial charge in [-0.1, -0.05) is 61.6 Å². The van der Waals surface area contributed by atoms with E-state index in [-0.39, 0.29) is 12.3 Å². The summed E-state index contributed by atoms with van der Waals surface area (Å²) in [6.45, 7) is 2.06. The van der Waals surface area contributed by atoms with E-state index in [1.807, 2.05) is 36.0 Å². The van der Waals surface area contributed by atoms with Gasteiger partial charge in [-0.25, -0.2) is 0 Å². The van der Waals surface area contributed by atoms with Crippen molar-refractivity contribution in [3.63, 3.8) is 0 Å². The molecule has 2 unspecified atom stereocenters. The molecule has 4 heteroatoms. The van der Waals surface area contributed by atoms with E-state index in [9.17, 15) is 9.90 Å². The summed E-state index contributed by atoms with van der Waals surface area (Å²) in [5.41, 5.74) is 1.16. The zero-order chi connectivity index (χ0) is 18.8. The summed E-state index contributed by atoms with van der Waals surface area (Å²) in [5.74, 6) is 2.74. The second-order valence-corrected chi connectivity index (χ2v) is 8.10. The average Bonchev–Trinajstić information content (AvgIpc) is 3.09. The molecule has 0 saturated carbocycles. The lowest BCUT2D eigenvalue weighted by Crippen LogP contribution is -2.15. The molecular weight excluding hydrogens is 344 g/mol. The quantitative estimate of drug-likeness (QED) is 0.452. The van der Waals surface area contributed by atoms with Gasteiger partial charge in [0.05, 0.1) is 6.10 Å². The van der Waals surface area contributed by atoms with Gasteiger partial charge in [-0.3, -0.25) is 4.79 Å². The van der Waals surface area contributed by atoms with Crippen LogP contribution in [0.3, 0.4) is 0 Å². The fourth-order valence-corrected chi connectivity index (χ4v) is 4.69. The molecule has 0 amide bonds. The Morgan fingerprint density at radius 2 is 2.04 bits per heavy atom. The molecular formula is C22H30O3S. The van der Waals surface area contributed by atoms with E-state index in [0.717, 1.165) is 29.9 Å². The van der Waals surface area contributed by atoms with Crippen molar-refractivity contribution in [2.45, 2.75) is 44.6 Å². The summed E-state index contributed by atoms with van der Waals surface area (Å²) in [4.78, 5) is 10.5. The standard InChI is InChI=1S/C22H30O3S/c1-17(18-9-6-4-7-10-18)21(23)14-13-20-16-26-15-19(20)11-5-2-3-8-12-22(24)25/h2,4-7,9-10,13-14,17,19-21,23H,3,8,11-12,15-16H2,1H3,(H,24,25)/b5-2-,14-13+/t17?,19-,20-,21?/m0/s1. The number of unbranched alkanes of at least 4 members (excludes halogenated alkanes) is 1. The van der Waals surface area contributed by atoms with Crippen molar-refractivity contribution in [2.75, 3.05) is 11.5 Å². The molecule has 3 nitrogen and oxygen atoms in total. The molecule has 2 rings (SSSR count). The van der Waals surface area contributed by atoms with Crippen LogP contribution in [0.4, 0.5) is 0 Å². The monoisotopic (exact) mass is 374 g/mol. The highest BCUT2D eigenvalue weighted by Gasteiger charge is 2.25. The maximum absolute atomic E-state index is 10.5. The highest BCUT2D eigenvalue weighted by atomic mass is 32.2. The van der Waals surface area contributed by atoms with Gasteiger partial charge in [0, 0.05) is 12.3 Å². The van der Waals surface area contributed by atoms with E-state index < -0.39 is 12.1 Å².